The molecule has 5 nitrogen and oxygen atoms in total. The summed E-state index contributed by atoms with van der Waals surface area (Å²) in [6.07, 6.45) is 0.568. The Morgan fingerprint density at radius 3 is 2.60 bits per heavy atom. The average Bonchev–Trinajstić information content (AvgIpc) is 2.12. The molecule has 0 bridgehead atoms. The van der Waals surface area contributed by atoms with Gasteiger partial charge in [0.1, 0.15) is 11.8 Å². The number of rotatable bonds is 4. The number of hydrogen-bond donors (Lipinski definition) is 2. The van der Waals surface area contributed by atoms with Gasteiger partial charge < -0.3 is 10.6 Å². The lowest BCUT2D eigenvalue weighted by Gasteiger charge is -2.22. The molecule has 0 spiro atoms. The number of amidine groups is 1. The molecule has 1 aliphatic heterocycles. The van der Waals surface area contributed by atoms with Crippen LogP contribution in [0.2, 0.25) is 0 Å². The molecule has 0 aromatic heterocycles. The summed E-state index contributed by atoms with van der Waals surface area (Å²) in [6, 6.07) is 0. The maximum absolute atomic E-state index is 11.6. The van der Waals surface area contributed by atoms with Gasteiger partial charge in [-0.25, -0.2) is 0 Å². The molecule has 1 unspecified atom stereocenters. The van der Waals surface area contributed by atoms with Crippen LogP contribution in [0.1, 0.15) is 20.3 Å². The molecule has 0 saturated carbocycles. The van der Waals surface area contributed by atoms with E-state index in [0.29, 0.717) is 18.8 Å². The van der Waals surface area contributed by atoms with Gasteiger partial charge in [-0.2, -0.15) is 4.99 Å². The van der Waals surface area contributed by atoms with Gasteiger partial charge in [0.05, 0.1) is 0 Å². The van der Waals surface area contributed by atoms with Gasteiger partial charge in [0, 0.05) is 13.0 Å². The van der Waals surface area contributed by atoms with Crippen molar-refractivity contribution in [1.82, 2.24) is 10.6 Å². The molecule has 84 valence electrons. The first-order valence-electron chi connectivity index (χ1n) is 5.13. The standard InChI is InChI=1S/C10H17N3O2/c1-6(2)8-9(14)12-7(4-5-11-3)13-10(8)15/h6,8,11H,4-5H2,1-3H3,(H,12,13,14,15). The van der Waals surface area contributed by atoms with Gasteiger partial charge in [-0.1, -0.05) is 13.8 Å². The highest BCUT2D eigenvalue weighted by molar-refractivity contribution is 6.15. The van der Waals surface area contributed by atoms with Crippen LogP contribution in [0.5, 0.6) is 0 Å². The molecular formula is C10H17N3O2. The molecule has 2 N–H and O–H groups in total. The van der Waals surface area contributed by atoms with Crippen LogP contribution in [0.4, 0.5) is 0 Å². The SMILES string of the molecule is CNCCC1=NC(=O)C(C(C)C)C(=O)N1. The van der Waals surface area contributed by atoms with Crippen LogP contribution < -0.4 is 10.6 Å². The van der Waals surface area contributed by atoms with Crippen molar-refractivity contribution in [3.8, 4) is 0 Å². The Kier molecular flexibility index (Phi) is 3.96. The van der Waals surface area contributed by atoms with Gasteiger partial charge in [0.15, 0.2) is 0 Å². The van der Waals surface area contributed by atoms with Crippen molar-refractivity contribution in [2.75, 3.05) is 13.6 Å². The van der Waals surface area contributed by atoms with Gasteiger partial charge in [-0.15, -0.1) is 0 Å². The van der Waals surface area contributed by atoms with Crippen molar-refractivity contribution in [3.05, 3.63) is 0 Å². The molecule has 1 atom stereocenters. The van der Waals surface area contributed by atoms with E-state index in [-0.39, 0.29) is 17.7 Å². The summed E-state index contributed by atoms with van der Waals surface area (Å²) in [5, 5.41) is 5.60. The molecule has 1 rings (SSSR count). The first kappa shape index (κ1) is 11.8. The molecule has 1 aliphatic rings. The summed E-state index contributed by atoms with van der Waals surface area (Å²) in [5.41, 5.74) is 0. The molecule has 0 saturated heterocycles. The Morgan fingerprint density at radius 1 is 1.47 bits per heavy atom. The summed E-state index contributed by atoms with van der Waals surface area (Å²) < 4.78 is 0. The highest BCUT2D eigenvalue weighted by atomic mass is 16.2. The lowest BCUT2D eigenvalue weighted by Crippen LogP contribution is -2.46. The van der Waals surface area contributed by atoms with Gasteiger partial charge in [0.25, 0.3) is 5.91 Å². The minimum atomic E-state index is -0.622. The topological polar surface area (TPSA) is 70.6 Å². The summed E-state index contributed by atoms with van der Waals surface area (Å²) in [4.78, 5) is 27.0. The van der Waals surface area contributed by atoms with Crippen molar-refractivity contribution in [2.24, 2.45) is 16.8 Å². The monoisotopic (exact) mass is 211 g/mol. The van der Waals surface area contributed by atoms with Gasteiger partial charge in [0.2, 0.25) is 5.91 Å². The van der Waals surface area contributed by atoms with Gasteiger partial charge >= 0.3 is 0 Å². The fraction of sp³-hybridized carbons (Fsp3) is 0.700. The number of amides is 2. The van der Waals surface area contributed by atoms with E-state index in [0.717, 1.165) is 0 Å². The average molecular weight is 211 g/mol. The van der Waals surface area contributed by atoms with E-state index in [1.54, 1.807) is 0 Å². The second kappa shape index (κ2) is 5.02. The predicted molar refractivity (Wildman–Crippen MR) is 57.5 cm³/mol. The number of aliphatic imine (C=N–C) groups is 1. The summed E-state index contributed by atoms with van der Waals surface area (Å²) in [7, 11) is 1.81. The molecule has 2 amide bonds. The van der Waals surface area contributed by atoms with Crippen molar-refractivity contribution in [1.29, 1.82) is 0 Å². The Bertz CT molecular complexity index is 297. The zero-order valence-corrected chi connectivity index (χ0v) is 9.33. The molecule has 0 aromatic rings. The number of carbonyl (C=O) groups is 2. The third-order valence-corrected chi connectivity index (χ3v) is 2.34. The van der Waals surface area contributed by atoms with Crippen molar-refractivity contribution < 1.29 is 9.59 Å². The lowest BCUT2D eigenvalue weighted by molar-refractivity contribution is -0.135. The van der Waals surface area contributed by atoms with Crippen molar-refractivity contribution >= 4 is 17.6 Å². The highest BCUT2D eigenvalue weighted by Crippen LogP contribution is 2.16. The summed E-state index contributed by atoms with van der Waals surface area (Å²) >= 11 is 0. The van der Waals surface area contributed by atoms with Crippen molar-refractivity contribution in [3.63, 3.8) is 0 Å². The molecule has 0 fully saturated rings. The van der Waals surface area contributed by atoms with Gasteiger partial charge in [-0.3, -0.25) is 9.59 Å². The third kappa shape index (κ3) is 2.86. The highest BCUT2D eigenvalue weighted by Gasteiger charge is 2.33. The smallest absolute Gasteiger partial charge is 0.260 e. The van der Waals surface area contributed by atoms with E-state index < -0.39 is 5.92 Å². The Morgan fingerprint density at radius 2 is 2.13 bits per heavy atom. The first-order chi connectivity index (χ1) is 7.06. The van der Waals surface area contributed by atoms with E-state index in [2.05, 4.69) is 15.6 Å². The molecule has 5 heteroatoms. The molecular weight excluding hydrogens is 194 g/mol. The van der Waals surface area contributed by atoms with Crippen LogP contribution in [-0.2, 0) is 9.59 Å². The van der Waals surface area contributed by atoms with Crippen LogP contribution in [0.3, 0.4) is 0 Å². The van der Waals surface area contributed by atoms with Crippen molar-refractivity contribution in [2.45, 2.75) is 20.3 Å². The quantitative estimate of drug-likeness (QED) is 0.639. The summed E-state index contributed by atoms with van der Waals surface area (Å²) in [5.74, 6) is -0.706. The van der Waals surface area contributed by atoms with E-state index >= 15 is 0 Å². The maximum atomic E-state index is 11.6. The predicted octanol–water partition coefficient (Wildman–Crippen LogP) is -0.0770. The van der Waals surface area contributed by atoms with E-state index in [9.17, 15) is 9.59 Å². The Labute approximate surface area is 89.3 Å². The summed E-state index contributed by atoms with van der Waals surface area (Å²) in [6.45, 7) is 4.38. The van der Waals surface area contributed by atoms with E-state index in [4.69, 9.17) is 0 Å². The van der Waals surface area contributed by atoms with Crippen LogP contribution >= 0.6 is 0 Å². The number of hydrogen-bond acceptors (Lipinski definition) is 3. The van der Waals surface area contributed by atoms with E-state index in [1.807, 2.05) is 20.9 Å². The molecule has 1 heterocycles. The van der Waals surface area contributed by atoms with Crippen LogP contribution in [0.25, 0.3) is 0 Å². The largest absolute Gasteiger partial charge is 0.319 e. The van der Waals surface area contributed by atoms with Gasteiger partial charge in [-0.05, 0) is 13.0 Å². The van der Waals surface area contributed by atoms with Crippen LogP contribution in [0, 0.1) is 11.8 Å². The van der Waals surface area contributed by atoms with Crippen LogP contribution in [0.15, 0.2) is 4.99 Å². The lowest BCUT2D eigenvalue weighted by atomic mass is 9.93. The number of nitrogens with zero attached hydrogens (tertiary/aromatic N) is 1. The second-order valence-corrected chi connectivity index (χ2v) is 3.96. The number of carbonyl (C=O) groups excluding carboxylic acids is 2. The number of nitrogens with one attached hydrogen (secondary N) is 2. The minimum Gasteiger partial charge on any atom is -0.319 e. The Hall–Kier alpha value is -1.23. The normalized spacial score (nSPS) is 21.6. The Balaban J connectivity index is 2.71. The zero-order valence-electron chi connectivity index (χ0n) is 9.33. The third-order valence-electron chi connectivity index (χ3n) is 2.34. The molecule has 0 aliphatic carbocycles. The zero-order chi connectivity index (χ0) is 11.4. The fourth-order valence-corrected chi connectivity index (χ4v) is 1.51. The maximum Gasteiger partial charge on any atom is 0.260 e. The van der Waals surface area contributed by atoms with E-state index in [1.165, 1.54) is 0 Å². The second-order valence-electron chi connectivity index (χ2n) is 3.96. The first-order valence-corrected chi connectivity index (χ1v) is 5.13. The molecule has 0 aromatic carbocycles. The minimum absolute atomic E-state index is 0.00731. The fourth-order valence-electron chi connectivity index (χ4n) is 1.51. The molecule has 0 radical (unpaired) electrons. The van der Waals surface area contributed by atoms with Crippen LogP contribution in [-0.4, -0.2) is 31.2 Å². The molecule has 15 heavy (non-hydrogen) atoms.